The van der Waals surface area contributed by atoms with E-state index in [4.69, 9.17) is 4.74 Å². The van der Waals surface area contributed by atoms with Gasteiger partial charge in [0.1, 0.15) is 0 Å². The molecule has 0 bridgehead atoms. The fraction of sp³-hybridized carbons (Fsp3) is 0.588. The number of nitriles is 1. The lowest BCUT2D eigenvalue weighted by molar-refractivity contribution is -0.0636. The van der Waals surface area contributed by atoms with E-state index in [1.54, 1.807) is 0 Å². The highest BCUT2D eigenvalue weighted by molar-refractivity contribution is 5.37. The molecule has 1 N–H and O–H groups in total. The predicted octanol–water partition coefficient (Wildman–Crippen LogP) is 1.92. The van der Waals surface area contributed by atoms with E-state index in [0.29, 0.717) is 19.3 Å². The number of benzene rings is 1. The lowest BCUT2D eigenvalue weighted by atomic mass is 9.89. The first-order valence-electron chi connectivity index (χ1n) is 7.77. The van der Waals surface area contributed by atoms with E-state index in [2.05, 4.69) is 11.0 Å². The minimum absolute atomic E-state index is 0.204. The molecule has 2 fully saturated rings. The second-order valence-corrected chi connectivity index (χ2v) is 6.04. The van der Waals surface area contributed by atoms with Gasteiger partial charge in [0.2, 0.25) is 0 Å². The first-order valence-corrected chi connectivity index (χ1v) is 7.77. The smallest absolute Gasteiger partial charge is 0.0995 e. The Balaban J connectivity index is 1.74. The Kier molecular flexibility index (Phi) is 4.54. The summed E-state index contributed by atoms with van der Waals surface area (Å²) in [6, 6.07) is 10.4. The van der Waals surface area contributed by atoms with Gasteiger partial charge < -0.3 is 9.84 Å². The van der Waals surface area contributed by atoms with E-state index in [-0.39, 0.29) is 12.0 Å². The number of ether oxygens (including phenoxy) is 1. The monoisotopic (exact) mass is 286 g/mol. The zero-order valence-electron chi connectivity index (χ0n) is 12.2. The molecule has 4 heteroatoms. The number of rotatable bonds is 3. The molecule has 1 aromatic carbocycles. The van der Waals surface area contributed by atoms with Crippen LogP contribution in [0, 0.1) is 17.2 Å². The van der Waals surface area contributed by atoms with E-state index in [1.807, 2.05) is 24.3 Å². The molecular formula is C17H22N2O2. The molecule has 0 radical (unpaired) electrons. The van der Waals surface area contributed by atoms with Crippen molar-refractivity contribution in [2.24, 2.45) is 5.92 Å². The zero-order valence-corrected chi connectivity index (χ0v) is 12.2. The van der Waals surface area contributed by atoms with Crippen molar-refractivity contribution in [3.8, 4) is 6.07 Å². The van der Waals surface area contributed by atoms with E-state index >= 15 is 0 Å². The van der Waals surface area contributed by atoms with E-state index in [9.17, 15) is 10.4 Å². The van der Waals surface area contributed by atoms with Crippen molar-refractivity contribution >= 4 is 0 Å². The fourth-order valence-electron chi connectivity index (χ4n) is 3.64. The third-order valence-electron chi connectivity index (χ3n) is 4.78. The third kappa shape index (κ3) is 3.11. The van der Waals surface area contributed by atoms with Crippen molar-refractivity contribution < 1.29 is 9.84 Å². The van der Waals surface area contributed by atoms with E-state index < -0.39 is 0 Å². The number of hydrogen-bond acceptors (Lipinski definition) is 4. The molecule has 2 aliphatic heterocycles. The molecular weight excluding hydrogens is 264 g/mol. The molecule has 0 saturated carbocycles. The summed E-state index contributed by atoms with van der Waals surface area (Å²) in [5.41, 5.74) is 1.83. The Bertz CT molecular complexity index is 526. The van der Waals surface area contributed by atoms with Gasteiger partial charge in [0.15, 0.2) is 0 Å². The summed E-state index contributed by atoms with van der Waals surface area (Å²) < 4.78 is 5.57. The molecule has 3 atom stereocenters. The zero-order chi connectivity index (χ0) is 14.7. The number of aliphatic hydroxyl groups excluding tert-OH is 1. The number of nitrogens with zero attached hydrogens (tertiary/aromatic N) is 2. The van der Waals surface area contributed by atoms with Gasteiger partial charge in [0.25, 0.3) is 0 Å². The van der Waals surface area contributed by atoms with Crippen molar-refractivity contribution in [3.05, 3.63) is 35.4 Å². The Hall–Kier alpha value is -1.41. The average molecular weight is 286 g/mol. The van der Waals surface area contributed by atoms with Crippen LogP contribution in [0.4, 0.5) is 0 Å². The molecule has 2 aliphatic rings. The molecule has 3 rings (SSSR count). The van der Waals surface area contributed by atoms with Crippen LogP contribution in [0.15, 0.2) is 24.3 Å². The molecule has 0 unspecified atom stereocenters. The van der Waals surface area contributed by atoms with Crippen molar-refractivity contribution in [1.29, 1.82) is 5.26 Å². The van der Waals surface area contributed by atoms with Crippen LogP contribution >= 0.6 is 0 Å². The highest BCUT2D eigenvalue weighted by Gasteiger charge is 2.37. The quantitative estimate of drug-likeness (QED) is 0.922. The highest BCUT2D eigenvalue weighted by Crippen LogP contribution is 2.31. The second-order valence-electron chi connectivity index (χ2n) is 6.04. The van der Waals surface area contributed by atoms with E-state index in [1.165, 1.54) is 0 Å². The SMILES string of the molecule is N#Cc1ccccc1CN1CCC[C@@H]1[C@@H]1COCC[C@H]1O. The second kappa shape index (κ2) is 6.57. The van der Waals surface area contributed by atoms with Crippen LogP contribution in [0.3, 0.4) is 0 Å². The van der Waals surface area contributed by atoms with Gasteiger partial charge in [-0.15, -0.1) is 0 Å². The summed E-state index contributed by atoms with van der Waals surface area (Å²) in [5, 5.41) is 19.5. The Labute approximate surface area is 125 Å². The molecule has 112 valence electrons. The maximum atomic E-state index is 10.3. The van der Waals surface area contributed by atoms with Crippen molar-refractivity contribution in [1.82, 2.24) is 4.90 Å². The molecule has 1 aromatic rings. The largest absolute Gasteiger partial charge is 0.393 e. The fourth-order valence-corrected chi connectivity index (χ4v) is 3.64. The Morgan fingerprint density at radius 2 is 2.19 bits per heavy atom. The minimum Gasteiger partial charge on any atom is -0.393 e. The first kappa shape index (κ1) is 14.5. The molecule has 2 saturated heterocycles. The molecule has 0 aliphatic carbocycles. The third-order valence-corrected chi connectivity index (χ3v) is 4.78. The predicted molar refractivity (Wildman–Crippen MR) is 79.5 cm³/mol. The van der Waals surface area contributed by atoms with Gasteiger partial charge in [0.05, 0.1) is 24.3 Å². The van der Waals surface area contributed by atoms with Crippen LogP contribution in [0.5, 0.6) is 0 Å². The van der Waals surface area contributed by atoms with Crippen molar-refractivity contribution in [3.63, 3.8) is 0 Å². The summed E-state index contributed by atoms with van der Waals surface area (Å²) >= 11 is 0. The summed E-state index contributed by atoms with van der Waals surface area (Å²) in [7, 11) is 0. The van der Waals surface area contributed by atoms with Crippen LogP contribution < -0.4 is 0 Å². The van der Waals surface area contributed by atoms with Gasteiger partial charge in [-0.25, -0.2) is 0 Å². The maximum Gasteiger partial charge on any atom is 0.0995 e. The summed E-state index contributed by atoms with van der Waals surface area (Å²) in [4.78, 5) is 2.42. The lowest BCUT2D eigenvalue weighted by Crippen LogP contribution is -2.45. The van der Waals surface area contributed by atoms with Gasteiger partial charge in [-0.1, -0.05) is 18.2 Å². The minimum atomic E-state index is -0.254. The van der Waals surface area contributed by atoms with Gasteiger partial charge in [-0.3, -0.25) is 4.90 Å². The van der Waals surface area contributed by atoms with Gasteiger partial charge in [-0.05, 0) is 37.4 Å². The summed E-state index contributed by atoms with van der Waals surface area (Å²) in [6.07, 6.45) is 2.75. The molecule has 21 heavy (non-hydrogen) atoms. The average Bonchev–Trinajstić information content (AvgIpc) is 2.96. The summed E-state index contributed by atoms with van der Waals surface area (Å²) in [5.74, 6) is 0.204. The number of likely N-dealkylation sites (tertiary alicyclic amines) is 1. The van der Waals surface area contributed by atoms with Crippen molar-refractivity contribution in [2.75, 3.05) is 19.8 Å². The maximum absolute atomic E-state index is 10.3. The van der Waals surface area contributed by atoms with Crippen LogP contribution in [-0.4, -0.2) is 41.9 Å². The Morgan fingerprint density at radius 3 is 3.00 bits per heavy atom. The topological polar surface area (TPSA) is 56.5 Å². The Morgan fingerprint density at radius 1 is 1.33 bits per heavy atom. The van der Waals surface area contributed by atoms with Crippen LogP contribution in [0.1, 0.15) is 30.4 Å². The molecule has 4 nitrogen and oxygen atoms in total. The van der Waals surface area contributed by atoms with Crippen LogP contribution in [0.2, 0.25) is 0 Å². The van der Waals surface area contributed by atoms with Gasteiger partial charge >= 0.3 is 0 Å². The van der Waals surface area contributed by atoms with Gasteiger partial charge in [0, 0.05) is 25.1 Å². The standard InChI is InChI=1S/C17H22N2O2/c18-10-13-4-1-2-5-14(13)11-19-8-3-6-16(19)15-12-21-9-7-17(15)20/h1-2,4-5,15-17,20H,3,6-9,11-12H2/t15-,16+,17+/m0/s1. The van der Waals surface area contributed by atoms with Crippen LogP contribution in [0.25, 0.3) is 0 Å². The normalized spacial score (nSPS) is 30.2. The van der Waals surface area contributed by atoms with E-state index in [0.717, 1.165) is 43.5 Å². The highest BCUT2D eigenvalue weighted by atomic mass is 16.5. The molecule has 0 aromatic heterocycles. The molecule has 2 heterocycles. The number of hydrogen-bond donors (Lipinski definition) is 1. The van der Waals surface area contributed by atoms with Crippen LogP contribution in [-0.2, 0) is 11.3 Å². The van der Waals surface area contributed by atoms with Crippen molar-refractivity contribution in [2.45, 2.75) is 38.0 Å². The summed E-state index contributed by atoms with van der Waals surface area (Å²) in [6.45, 7) is 3.15. The molecule has 0 amide bonds. The lowest BCUT2D eigenvalue weighted by Gasteiger charge is -2.37. The van der Waals surface area contributed by atoms with Gasteiger partial charge in [-0.2, -0.15) is 5.26 Å². The first-order chi connectivity index (χ1) is 10.3. The number of aliphatic hydroxyl groups is 1. The molecule has 0 spiro atoms.